The van der Waals surface area contributed by atoms with Crippen molar-refractivity contribution >= 4 is 16.9 Å². The SMILES string of the molecule is O=C(CCc1nc2c(F)cccc2[nH]1)NC1CCCCCC1CO. The number of nitrogens with one attached hydrogen (secondary N) is 2. The van der Waals surface area contributed by atoms with Crippen molar-refractivity contribution in [2.75, 3.05) is 6.61 Å². The fourth-order valence-corrected chi connectivity index (χ4v) is 3.47. The largest absolute Gasteiger partial charge is 0.396 e. The second-order valence-corrected chi connectivity index (χ2v) is 6.57. The molecule has 0 spiro atoms. The van der Waals surface area contributed by atoms with E-state index in [-0.39, 0.29) is 30.3 Å². The topological polar surface area (TPSA) is 78.0 Å². The Morgan fingerprint density at radius 2 is 2.17 bits per heavy atom. The molecule has 0 aliphatic heterocycles. The monoisotopic (exact) mass is 333 g/mol. The summed E-state index contributed by atoms with van der Waals surface area (Å²) in [4.78, 5) is 19.5. The van der Waals surface area contributed by atoms with Crippen LogP contribution in [0.1, 0.15) is 44.3 Å². The van der Waals surface area contributed by atoms with Gasteiger partial charge in [-0.1, -0.05) is 25.3 Å². The van der Waals surface area contributed by atoms with Crippen LogP contribution >= 0.6 is 0 Å². The maximum Gasteiger partial charge on any atom is 0.220 e. The molecule has 1 aliphatic carbocycles. The number of carbonyl (C=O) groups excluding carboxylic acids is 1. The summed E-state index contributed by atoms with van der Waals surface area (Å²) >= 11 is 0. The molecule has 2 aromatic rings. The molecule has 0 bridgehead atoms. The number of fused-ring (bicyclic) bond motifs is 1. The van der Waals surface area contributed by atoms with Gasteiger partial charge in [-0.3, -0.25) is 4.79 Å². The number of rotatable bonds is 5. The number of carbonyl (C=O) groups is 1. The number of halogens is 1. The van der Waals surface area contributed by atoms with E-state index in [9.17, 15) is 14.3 Å². The van der Waals surface area contributed by atoms with Gasteiger partial charge in [0, 0.05) is 31.4 Å². The number of aryl methyl sites for hydroxylation is 1. The van der Waals surface area contributed by atoms with E-state index < -0.39 is 0 Å². The highest BCUT2D eigenvalue weighted by atomic mass is 19.1. The first-order valence-electron chi connectivity index (χ1n) is 8.70. The molecule has 5 nitrogen and oxygen atoms in total. The maximum atomic E-state index is 13.6. The first-order chi connectivity index (χ1) is 11.7. The molecule has 0 radical (unpaired) electrons. The van der Waals surface area contributed by atoms with Gasteiger partial charge in [0.1, 0.15) is 11.3 Å². The highest BCUT2D eigenvalue weighted by Crippen LogP contribution is 2.23. The van der Waals surface area contributed by atoms with E-state index >= 15 is 0 Å². The smallest absolute Gasteiger partial charge is 0.220 e. The van der Waals surface area contributed by atoms with E-state index in [1.165, 1.54) is 6.07 Å². The van der Waals surface area contributed by atoms with Crippen molar-refractivity contribution in [1.29, 1.82) is 0 Å². The van der Waals surface area contributed by atoms with Crippen LogP contribution < -0.4 is 5.32 Å². The minimum atomic E-state index is -0.358. The maximum absolute atomic E-state index is 13.6. The van der Waals surface area contributed by atoms with E-state index in [4.69, 9.17) is 0 Å². The Hall–Kier alpha value is -1.95. The molecule has 130 valence electrons. The van der Waals surface area contributed by atoms with Gasteiger partial charge in [0.15, 0.2) is 5.82 Å². The number of hydrogen-bond donors (Lipinski definition) is 3. The van der Waals surface area contributed by atoms with Crippen LogP contribution in [0.3, 0.4) is 0 Å². The summed E-state index contributed by atoms with van der Waals surface area (Å²) in [6.07, 6.45) is 5.99. The van der Waals surface area contributed by atoms with E-state index in [0.29, 0.717) is 29.7 Å². The molecule has 0 saturated heterocycles. The highest BCUT2D eigenvalue weighted by Gasteiger charge is 2.24. The van der Waals surface area contributed by atoms with Gasteiger partial charge in [-0.05, 0) is 25.0 Å². The number of benzene rings is 1. The third-order valence-corrected chi connectivity index (χ3v) is 4.84. The van der Waals surface area contributed by atoms with Gasteiger partial charge in [-0.2, -0.15) is 0 Å². The van der Waals surface area contributed by atoms with Crippen LogP contribution in [-0.4, -0.2) is 33.6 Å². The summed E-state index contributed by atoms with van der Waals surface area (Å²) < 4.78 is 13.6. The van der Waals surface area contributed by atoms with E-state index in [1.54, 1.807) is 12.1 Å². The minimum Gasteiger partial charge on any atom is -0.396 e. The van der Waals surface area contributed by atoms with Gasteiger partial charge < -0.3 is 15.4 Å². The average molecular weight is 333 g/mol. The zero-order chi connectivity index (χ0) is 16.9. The molecule has 1 saturated carbocycles. The third kappa shape index (κ3) is 3.93. The van der Waals surface area contributed by atoms with Crippen molar-refractivity contribution in [3.05, 3.63) is 29.8 Å². The van der Waals surface area contributed by atoms with Gasteiger partial charge in [0.05, 0.1) is 5.52 Å². The van der Waals surface area contributed by atoms with E-state index in [2.05, 4.69) is 15.3 Å². The van der Waals surface area contributed by atoms with Crippen molar-refractivity contribution in [3.63, 3.8) is 0 Å². The molecule has 1 heterocycles. The number of nitrogens with zero attached hydrogens (tertiary/aromatic N) is 1. The number of amides is 1. The number of imidazole rings is 1. The van der Waals surface area contributed by atoms with Crippen LogP contribution in [-0.2, 0) is 11.2 Å². The van der Waals surface area contributed by atoms with Gasteiger partial charge in [0.2, 0.25) is 5.91 Å². The standard InChI is InChI=1S/C18H24FN3O2/c19-13-6-4-8-15-18(13)22-16(20-15)9-10-17(24)21-14-7-3-1-2-5-12(14)11-23/h4,6,8,12,14,23H,1-3,5,7,9-11H2,(H,20,22)(H,21,24). The Labute approximate surface area is 140 Å². The lowest BCUT2D eigenvalue weighted by molar-refractivity contribution is -0.122. The van der Waals surface area contributed by atoms with Gasteiger partial charge >= 0.3 is 0 Å². The molecule has 6 heteroatoms. The Bertz CT molecular complexity index is 701. The number of H-pyrrole nitrogens is 1. The quantitative estimate of drug-likeness (QED) is 0.736. The summed E-state index contributed by atoms with van der Waals surface area (Å²) in [5.74, 6) is 0.367. The Morgan fingerprint density at radius 3 is 2.96 bits per heavy atom. The molecule has 1 amide bonds. The van der Waals surface area contributed by atoms with Crippen LogP contribution in [0.5, 0.6) is 0 Å². The molecular weight excluding hydrogens is 309 g/mol. The van der Waals surface area contributed by atoms with Gasteiger partial charge in [-0.25, -0.2) is 9.37 Å². The van der Waals surface area contributed by atoms with Crippen molar-refractivity contribution in [1.82, 2.24) is 15.3 Å². The molecule has 1 aliphatic rings. The molecule has 24 heavy (non-hydrogen) atoms. The lowest BCUT2D eigenvalue weighted by Gasteiger charge is -2.24. The zero-order valence-corrected chi connectivity index (χ0v) is 13.7. The van der Waals surface area contributed by atoms with Crippen molar-refractivity contribution in [2.24, 2.45) is 5.92 Å². The van der Waals surface area contributed by atoms with Crippen LogP contribution in [0.25, 0.3) is 11.0 Å². The van der Waals surface area contributed by atoms with Gasteiger partial charge in [0.25, 0.3) is 0 Å². The van der Waals surface area contributed by atoms with Crippen molar-refractivity contribution in [3.8, 4) is 0 Å². The van der Waals surface area contributed by atoms with Crippen LogP contribution in [0, 0.1) is 11.7 Å². The first kappa shape index (κ1) is 16.9. The lowest BCUT2D eigenvalue weighted by atomic mass is 9.95. The van der Waals surface area contributed by atoms with Crippen molar-refractivity contribution < 1.29 is 14.3 Å². The highest BCUT2D eigenvalue weighted by molar-refractivity contribution is 5.77. The lowest BCUT2D eigenvalue weighted by Crippen LogP contribution is -2.41. The third-order valence-electron chi connectivity index (χ3n) is 4.84. The summed E-state index contributed by atoms with van der Waals surface area (Å²) in [6.45, 7) is 0.119. The second kappa shape index (κ2) is 7.75. The molecule has 2 unspecified atom stereocenters. The Morgan fingerprint density at radius 1 is 1.33 bits per heavy atom. The van der Waals surface area contributed by atoms with Crippen molar-refractivity contribution in [2.45, 2.75) is 51.0 Å². The predicted molar refractivity (Wildman–Crippen MR) is 90.0 cm³/mol. The first-order valence-corrected chi connectivity index (χ1v) is 8.70. The van der Waals surface area contributed by atoms with Crippen LogP contribution in [0.2, 0.25) is 0 Å². The van der Waals surface area contributed by atoms with Gasteiger partial charge in [-0.15, -0.1) is 0 Å². The zero-order valence-electron chi connectivity index (χ0n) is 13.7. The van der Waals surface area contributed by atoms with E-state index in [0.717, 1.165) is 32.1 Å². The van der Waals surface area contributed by atoms with E-state index in [1.807, 2.05) is 0 Å². The summed E-state index contributed by atoms with van der Waals surface area (Å²) in [7, 11) is 0. The molecule has 1 aromatic heterocycles. The fourth-order valence-electron chi connectivity index (χ4n) is 3.47. The molecule has 1 aromatic carbocycles. The number of hydrogen-bond acceptors (Lipinski definition) is 3. The average Bonchev–Trinajstić information content (AvgIpc) is 2.87. The van der Waals surface area contributed by atoms with Crippen LogP contribution in [0.4, 0.5) is 4.39 Å². The number of aliphatic hydroxyl groups excluding tert-OH is 1. The number of para-hydroxylation sites is 1. The summed E-state index contributed by atoms with van der Waals surface area (Å²) in [6, 6.07) is 4.83. The number of aliphatic hydroxyl groups is 1. The Balaban J connectivity index is 1.57. The normalized spacial score (nSPS) is 21.6. The molecule has 3 N–H and O–H groups in total. The molecule has 3 rings (SSSR count). The molecular formula is C18H24FN3O2. The summed E-state index contributed by atoms with van der Waals surface area (Å²) in [5.41, 5.74) is 0.964. The second-order valence-electron chi connectivity index (χ2n) is 6.57. The Kier molecular flexibility index (Phi) is 5.45. The number of aromatic amines is 1. The molecule has 2 atom stereocenters. The predicted octanol–water partition coefficient (Wildman–Crippen LogP) is 2.69. The fraction of sp³-hybridized carbons (Fsp3) is 0.556. The summed E-state index contributed by atoms with van der Waals surface area (Å²) in [5, 5.41) is 12.6. The minimum absolute atomic E-state index is 0.0405. The molecule has 1 fully saturated rings. The van der Waals surface area contributed by atoms with Crippen LogP contribution in [0.15, 0.2) is 18.2 Å². The number of aromatic nitrogens is 2.